The van der Waals surface area contributed by atoms with E-state index in [0.717, 1.165) is 6.42 Å². The van der Waals surface area contributed by atoms with Gasteiger partial charge in [0.1, 0.15) is 5.75 Å². The van der Waals surface area contributed by atoms with Crippen molar-refractivity contribution in [3.05, 3.63) is 23.2 Å². The Labute approximate surface area is 147 Å². The number of carbonyl (C=O) groups excluding carboxylic acids is 2. The van der Waals surface area contributed by atoms with Gasteiger partial charge in [-0.3, -0.25) is 4.79 Å². The average molecular weight is 354 g/mol. The van der Waals surface area contributed by atoms with E-state index in [2.05, 4.69) is 10.6 Å². The van der Waals surface area contributed by atoms with E-state index < -0.39 is 0 Å². The number of hydrogen-bond acceptors (Lipinski definition) is 3. The van der Waals surface area contributed by atoms with Gasteiger partial charge in [0.25, 0.3) is 0 Å². The molecule has 0 aliphatic carbocycles. The maximum absolute atomic E-state index is 12.3. The summed E-state index contributed by atoms with van der Waals surface area (Å²) in [5, 5.41) is 5.97. The molecular formula is C17H24ClN3O3. The molecule has 2 rings (SSSR count). The molecule has 1 heterocycles. The van der Waals surface area contributed by atoms with E-state index in [-0.39, 0.29) is 17.9 Å². The number of rotatable bonds is 5. The van der Waals surface area contributed by atoms with Gasteiger partial charge in [-0.15, -0.1) is 0 Å². The number of anilines is 1. The fourth-order valence-corrected chi connectivity index (χ4v) is 2.89. The summed E-state index contributed by atoms with van der Waals surface area (Å²) < 4.78 is 5.51. The lowest BCUT2D eigenvalue weighted by Gasteiger charge is -2.31. The quantitative estimate of drug-likeness (QED) is 0.854. The molecule has 0 radical (unpaired) electrons. The van der Waals surface area contributed by atoms with E-state index in [1.807, 2.05) is 6.92 Å². The number of likely N-dealkylation sites (tertiary alicyclic amines) is 1. The van der Waals surface area contributed by atoms with Crippen molar-refractivity contribution < 1.29 is 14.3 Å². The van der Waals surface area contributed by atoms with Gasteiger partial charge in [0.05, 0.1) is 11.6 Å². The van der Waals surface area contributed by atoms with Crippen LogP contribution in [0.15, 0.2) is 18.2 Å². The molecule has 1 aliphatic heterocycles. The fraction of sp³-hybridized carbons (Fsp3) is 0.529. The SMILES string of the molecule is CCCOc1ccc(NC(=O)N2CCC(C(=O)NC)CC2)cc1Cl. The number of urea groups is 1. The molecule has 2 N–H and O–H groups in total. The zero-order valence-electron chi connectivity index (χ0n) is 14.1. The Bertz CT molecular complexity index is 586. The summed E-state index contributed by atoms with van der Waals surface area (Å²) in [4.78, 5) is 25.7. The molecular weight excluding hydrogens is 330 g/mol. The van der Waals surface area contributed by atoms with Crippen molar-refractivity contribution in [1.82, 2.24) is 10.2 Å². The Kier molecular flexibility index (Phi) is 6.73. The first-order valence-electron chi connectivity index (χ1n) is 8.25. The highest BCUT2D eigenvalue weighted by molar-refractivity contribution is 6.32. The van der Waals surface area contributed by atoms with E-state index in [4.69, 9.17) is 16.3 Å². The predicted octanol–water partition coefficient (Wildman–Crippen LogP) is 3.12. The largest absolute Gasteiger partial charge is 0.492 e. The molecule has 1 aromatic rings. The van der Waals surface area contributed by atoms with Gasteiger partial charge in [0.2, 0.25) is 5.91 Å². The Morgan fingerprint density at radius 3 is 2.62 bits per heavy atom. The van der Waals surface area contributed by atoms with Gasteiger partial charge in [-0.25, -0.2) is 4.79 Å². The van der Waals surface area contributed by atoms with E-state index in [1.54, 1.807) is 30.1 Å². The summed E-state index contributed by atoms with van der Waals surface area (Å²) in [6.45, 7) is 3.76. The van der Waals surface area contributed by atoms with Crippen LogP contribution in [-0.2, 0) is 4.79 Å². The summed E-state index contributed by atoms with van der Waals surface area (Å²) >= 11 is 6.17. The van der Waals surface area contributed by atoms with Crippen LogP contribution in [0, 0.1) is 5.92 Å². The molecule has 7 heteroatoms. The van der Waals surface area contributed by atoms with Gasteiger partial charge < -0.3 is 20.3 Å². The van der Waals surface area contributed by atoms with Crippen LogP contribution in [0.3, 0.4) is 0 Å². The molecule has 0 atom stereocenters. The zero-order chi connectivity index (χ0) is 17.5. The first-order chi connectivity index (χ1) is 11.5. The van der Waals surface area contributed by atoms with Gasteiger partial charge in [-0.2, -0.15) is 0 Å². The highest BCUT2D eigenvalue weighted by atomic mass is 35.5. The molecule has 0 spiro atoms. The highest BCUT2D eigenvalue weighted by Crippen LogP contribution is 2.28. The van der Waals surface area contributed by atoms with Crippen LogP contribution < -0.4 is 15.4 Å². The molecule has 1 aliphatic rings. The minimum atomic E-state index is -0.177. The lowest BCUT2D eigenvalue weighted by atomic mass is 9.96. The normalized spacial score (nSPS) is 15.0. The smallest absolute Gasteiger partial charge is 0.321 e. The minimum absolute atomic E-state index is 0.0107. The van der Waals surface area contributed by atoms with E-state index in [9.17, 15) is 9.59 Å². The third-order valence-electron chi connectivity index (χ3n) is 4.04. The maximum Gasteiger partial charge on any atom is 0.321 e. The lowest BCUT2D eigenvalue weighted by Crippen LogP contribution is -2.44. The number of amides is 3. The zero-order valence-corrected chi connectivity index (χ0v) is 14.9. The van der Waals surface area contributed by atoms with E-state index in [0.29, 0.717) is 49.0 Å². The monoisotopic (exact) mass is 353 g/mol. The number of carbonyl (C=O) groups is 2. The number of hydrogen-bond donors (Lipinski definition) is 2. The molecule has 1 fully saturated rings. The van der Waals surface area contributed by atoms with Crippen molar-refractivity contribution in [3.63, 3.8) is 0 Å². The Morgan fingerprint density at radius 2 is 2.04 bits per heavy atom. The van der Waals surface area contributed by atoms with Crippen molar-refractivity contribution in [1.29, 1.82) is 0 Å². The van der Waals surface area contributed by atoms with E-state index >= 15 is 0 Å². The third kappa shape index (κ3) is 4.77. The Hall–Kier alpha value is -1.95. The lowest BCUT2D eigenvalue weighted by molar-refractivity contribution is -0.125. The Balaban J connectivity index is 1.89. The molecule has 0 bridgehead atoms. The average Bonchev–Trinajstić information content (AvgIpc) is 2.60. The van der Waals surface area contributed by atoms with Crippen molar-refractivity contribution in [2.75, 3.05) is 32.1 Å². The van der Waals surface area contributed by atoms with Crippen LogP contribution in [0.25, 0.3) is 0 Å². The number of piperidine rings is 1. The van der Waals surface area contributed by atoms with Crippen molar-refractivity contribution in [3.8, 4) is 5.75 Å². The maximum atomic E-state index is 12.3. The molecule has 6 nitrogen and oxygen atoms in total. The second kappa shape index (κ2) is 8.78. The number of benzene rings is 1. The standard InChI is InChI=1S/C17H24ClN3O3/c1-3-10-24-15-5-4-13(11-14(15)18)20-17(23)21-8-6-12(7-9-21)16(22)19-2/h4-5,11-12H,3,6-10H2,1-2H3,(H,19,22)(H,20,23). The minimum Gasteiger partial charge on any atom is -0.492 e. The molecule has 0 saturated carbocycles. The Morgan fingerprint density at radius 1 is 1.33 bits per heavy atom. The summed E-state index contributed by atoms with van der Waals surface area (Å²) in [6, 6.07) is 5.03. The second-order valence-corrected chi connectivity index (χ2v) is 6.21. The van der Waals surface area contributed by atoms with Crippen LogP contribution >= 0.6 is 11.6 Å². The fourth-order valence-electron chi connectivity index (χ4n) is 2.66. The van der Waals surface area contributed by atoms with Gasteiger partial charge in [0, 0.05) is 31.7 Å². The van der Waals surface area contributed by atoms with Crippen molar-refractivity contribution in [2.24, 2.45) is 5.92 Å². The van der Waals surface area contributed by atoms with Gasteiger partial charge in [0.15, 0.2) is 0 Å². The molecule has 0 aromatic heterocycles. The summed E-state index contributed by atoms with van der Waals surface area (Å²) in [6.07, 6.45) is 2.26. The van der Waals surface area contributed by atoms with Gasteiger partial charge in [-0.05, 0) is 37.5 Å². The van der Waals surface area contributed by atoms with E-state index in [1.165, 1.54) is 0 Å². The summed E-state index contributed by atoms with van der Waals surface area (Å²) in [5.41, 5.74) is 0.627. The van der Waals surface area contributed by atoms with Crippen molar-refractivity contribution in [2.45, 2.75) is 26.2 Å². The number of halogens is 1. The van der Waals surface area contributed by atoms with Crippen LogP contribution in [0.1, 0.15) is 26.2 Å². The van der Waals surface area contributed by atoms with Crippen molar-refractivity contribution >= 4 is 29.2 Å². The molecule has 3 amide bonds. The number of nitrogens with one attached hydrogen (secondary N) is 2. The third-order valence-corrected chi connectivity index (χ3v) is 4.34. The van der Waals surface area contributed by atoms with Crippen LogP contribution in [0.2, 0.25) is 5.02 Å². The highest BCUT2D eigenvalue weighted by Gasteiger charge is 2.26. The molecule has 24 heavy (non-hydrogen) atoms. The second-order valence-electron chi connectivity index (χ2n) is 5.80. The predicted molar refractivity (Wildman–Crippen MR) is 94.6 cm³/mol. The van der Waals surface area contributed by atoms with Crippen LogP contribution in [-0.4, -0.2) is 43.6 Å². The van der Waals surface area contributed by atoms with Crippen LogP contribution in [0.4, 0.5) is 10.5 Å². The van der Waals surface area contributed by atoms with Gasteiger partial charge in [-0.1, -0.05) is 18.5 Å². The molecule has 0 unspecified atom stereocenters. The van der Waals surface area contributed by atoms with Gasteiger partial charge >= 0.3 is 6.03 Å². The molecule has 1 saturated heterocycles. The summed E-state index contributed by atoms with van der Waals surface area (Å²) in [7, 11) is 1.64. The molecule has 132 valence electrons. The first-order valence-corrected chi connectivity index (χ1v) is 8.62. The first kappa shape index (κ1) is 18.4. The number of ether oxygens (including phenoxy) is 1. The molecule has 1 aromatic carbocycles. The number of nitrogens with zero attached hydrogens (tertiary/aromatic N) is 1. The van der Waals surface area contributed by atoms with Crippen LogP contribution in [0.5, 0.6) is 5.75 Å². The summed E-state index contributed by atoms with van der Waals surface area (Å²) in [5.74, 6) is 0.649. The topological polar surface area (TPSA) is 70.7 Å².